The fraction of sp³-hybridized carbons (Fsp3) is 0.650. The fourth-order valence-electron chi connectivity index (χ4n) is 2.90. The molecule has 0 saturated carbocycles. The van der Waals surface area contributed by atoms with E-state index in [-0.39, 0.29) is 23.2 Å². The van der Waals surface area contributed by atoms with Crippen LogP contribution >= 0.6 is 0 Å². The van der Waals surface area contributed by atoms with Gasteiger partial charge in [-0.05, 0) is 12.5 Å². The van der Waals surface area contributed by atoms with Gasteiger partial charge >= 0.3 is 0 Å². The first-order valence-corrected chi connectivity index (χ1v) is 9.10. The second kappa shape index (κ2) is 11.1. The normalized spacial score (nSPS) is 12.3. The average Bonchev–Trinajstić information content (AvgIpc) is 2.52. The Balaban J connectivity index is 2.18. The van der Waals surface area contributed by atoms with Crippen LogP contribution in [0, 0.1) is 0 Å². The summed E-state index contributed by atoms with van der Waals surface area (Å²) >= 11 is 0. The number of rotatable bonds is 12. The van der Waals surface area contributed by atoms with Crippen molar-refractivity contribution in [3.8, 4) is 11.5 Å². The number of hydrogen-bond acceptors (Lipinski definition) is 3. The van der Waals surface area contributed by atoms with Crippen LogP contribution in [-0.4, -0.2) is 16.0 Å². The number of phenolic OH excluding ortho intramolecular Hbond substituents is 2. The Labute approximate surface area is 140 Å². The highest BCUT2D eigenvalue weighted by atomic mass is 16.3. The smallest absolute Gasteiger partial charge is 0.140 e. The second-order valence-corrected chi connectivity index (χ2v) is 6.51. The molecular weight excluding hydrogens is 288 g/mol. The summed E-state index contributed by atoms with van der Waals surface area (Å²) in [4.78, 5) is 12.2. The molecule has 1 unspecified atom stereocenters. The van der Waals surface area contributed by atoms with E-state index in [0.29, 0.717) is 12.0 Å². The molecule has 1 aromatic carbocycles. The van der Waals surface area contributed by atoms with Crippen molar-refractivity contribution in [1.82, 2.24) is 0 Å². The lowest BCUT2D eigenvalue weighted by Gasteiger charge is -2.12. The first kappa shape index (κ1) is 19.5. The van der Waals surface area contributed by atoms with E-state index < -0.39 is 0 Å². The molecule has 23 heavy (non-hydrogen) atoms. The molecule has 0 spiro atoms. The zero-order valence-electron chi connectivity index (χ0n) is 14.7. The molecule has 0 fully saturated rings. The van der Waals surface area contributed by atoms with Gasteiger partial charge < -0.3 is 10.2 Å². The van der Waals surface area contributed by atoms with Crippen molar-refractivity contribution in [2.45, 2.75) is 84.0 Å². The predicted molar refractivity (Wildman–Crippen MR) is 95.0 cm³/mol. The van der Waals surface area contributed by atoms with Gasteiger partial charge in [-0.25, -0.2) is 0 Å². The summed E-state index contributed by atoms with van der Waals surface area (Å²) in [5.74, 6) is -0.138. The Morgan fingerprint density at radius 2 is 1.52 bits per heavy atom. The molecular formula is C20H32O3. The van der Waals surface area contributed by atoms with Gasteiger partial charge in [0.2, 0.25) is 0 Å². The summed E-state index contributed by atoms with van der Waals surface area (Å²) in [5.41, 5.74) is 0.601. The van der Waals surface area contributed by atoms with Crippen molar-refractivity contribution in [3.05, 3.63) is 23.8 Å². The summed E-state index contributed by atoms with van der Waals surface area (Å²) < 4.78 is 0. The van der Waals surface area contributed by atoms with Gasteiger partial charge in [0.15, 0.2) is 0 Å². The lowest BCUT2D eigenvalue weighted by molar-refractivity contribution is -0.120. The van der Waals surface area contributed by atoms with E-state index in [0.717, 1.165) is 12.8 Å². The molecule has 1 rings (SSSR count). The predicted octanol–water partition coefficient (Wildman–Crippen LogP) is 5.69. The molecule has 3 heteroatoms. The summed E-state index contributed by atoms with van der Waals surface area (Å²) in [6, 6.07) is 4.43. The Morgan fingerprint density at radius 3 is 2.09 bits per heavy atom. The van der Waals surface area contributed by atoms with Crippen molar-refractivity contribution in [3.63, 3.8) is 0 Å². The van der Waals surface area contributed by atoms with Gasteiger partial charge in [0.25, 0.3) is 0 Å². The number of aromatic hydroxyl groups is 2. The quantitative estimate of drug-likeness (QED) is 0.486. The van der Waals surface area contributed by atoms with Crippen molar-refractivity contribution in [2.75, 3.05) is 0 Å². The van der Waals surface area contributed by atoms with Crippen LogP contribution in [0.1, 0.15) is 89.5 Å². The van der Waals surface area contributed by atoms with E-state index in [1.165, 1.54) is 57.1 Å². The highest BCUT2D eigenvalue weighted by molar-refractivity contribution is 5.86. The molecule has 0 amide bonds. The maximum Gasteiger partial charge on any atom is 0.140 e. The minimum absolute atomic E-state index is 0.00192. The van der Waals surface area contributed by atoms with Crippen molar-refractivity contribution < 1.29 is 15.0 Å². The Hall–Kier alpha value is -1.51. The molecule has 0 aromatic heterocycles. The van der Waals surface area contributed by atoms with Crippen LogP contribution in [0.4, 0.5) is 0 Å². The van der Waals surface area contributed by atoms with E-state index in [4.69, 9.17) is 0 Å². The summed E-state index contributed by atoms with van der Waals surface area (Å²) in [6.45, 7) is 4.05. The largest absolute Gasteiger partial charge is 0.508 e. The van der Waals surface area contributed by atoms with Gasteiger partial charge in [0.1, 0.15) is 17.3 Å². The Bertz CT molecular complexity index is 468. The van der Waals surface area contributed by atoms with Gasteiger partial charge in [-0.1, -0.05) is 71.3 Å². The van der Waals surface area contributed by atoms with Crippen molar-refractivity contribution >= 4 is 5.78 Å². The molecule has 0 radical (unpaired) electrons. The summed E-state index contributed by atoms with van der Waals surface area (Å²) in [5, 5.41) is 19.1. The maximum atomic E-state index is 12.2. The van der Waals surface area contributed by atoms with Crippen LogP contribution in [0.25, 0.3) is 0 Å². The molecule has 3 nitrogen and oxygen atoms in total. The average molecular weight is 320 g/mol. The first-order chi connectivity index (χ1) is 11.1. The standard InChI is InChI=1S/C20H32O3/c1-3-4-5-6-7-8-9-10-11-12-19(22)16(2)18-14-13-17(21)15-20(18)23/h13-16,21,23H,3-12H2,1-2H3. The third kappa shape index (κ3) is 7.54. The van der Waals surface area contributed by atoms with Gasteiger partial charge in [-0.3, -0.25) is 4.79 Å². The summed E-state index contributed by atoms with van der Waals surface area (Å²) in [7, 11) is 0. The number of hydrogen-bond donors (Lipinski definition) is 2. The van der Waals surface area contributed by atoms with E-state index in [1.54, 1.807) is 6.07 Å². The van der Waals surface area contributed by atoms with Crippen LogP contribution in [0.3, 0.4) is 0 Å². The topological polar surface area (TPSA) is 57.5 Å². The van der Waals surface area contributed by atoms with E-state index in [1.807, 2.05) is 6.92 Å². The van der Waals surface area contributed by atoms with Crippen LogP contribution in [0.15, 0.2) is 18.2 Å². The fourth-order valence-corrected chi connectivity index (χ4v) is 2.90. The highest BCUT2D eigenvalue weighted by Crippen LogP contribution is 2.30. The lowest BCUT2D eigenvalue weighted by atomic mass is 9.92. The summed E-state index contributed by atoms with van der Waals surface area (Å²) in [6.07, 6.45) is 11.7. The molecule has 2 N–H and O–H groups in total. The number of ketones is 1. The SMILES string of the molecule is CCCCCCCCCCCC(=O)C(C)c1ccc(O)cc1O. The molecule has 0 heterocycles. The number of Topliss-reactive ketones (excluding diaryl/α,β-unsaturated/α-hetero) is 1. The van der Waals surface area contributed by atoms with Crippen LogP contribution in [-0.2, 0) is 4.79 Å². The maximum absolute atomic E-state index is 12.2. The second-order valence-electron chi connectivity index (χ2n) is 6.51. The third-order valence-electron chi connectivity index (χ3n) is 4.49. The number of carbonyl (C=O) groups excluding carboxylic acids is 1. The van der Waals surface area contributed by atoms with Gasteiger partial charge in [0.05, 0.1) is 0 Å². The van der Waals surface area contributed by atoms with Gasteiger partial charge in [-0.15, -0.1) is 0 Å². The number of phenols is 2. The van der Waals surface area contributed by atoms with Crippen molar-refractivity contribution in [2.24, 2.45) is 0 Å². The zero-order chi connectivity index (χ0) is 17.1. The minimum Gasteiger partial charge on any atom is -0.508 e. The molecule has 0 aliphatic carbocycles. The Morgan fingerprint density at radius 1 is 0.957 bits per heavy atom. The van der Waals surface area contributed by atoms with Crippen molar-refractivity contribution in [1.29, 1.82) is 0 Å². The number of benzene rings is 1. The van der Waals surface area contributed by atoms with Crippen LogP contribution < -0.4 is 0 Å². The molecule has 0 aliphatic heterocycles. The Kier molecular flexibility index (Phi) is 9.42. The highest BCUT2D eigenvalue weighted by Gasteiger charge is 2.18. The molecule has 1 aromatic rings. The van der Waals surface area contributed by atoms with E-state index in [9.17, 15) is 15.0 Å². The zero-order valence-corrected chi connectivity index (χ0v) is 14.7. The number of unbranched alkanes of at least 4 members (excludes halogenated alkanes) is 8. The first-order valence-electron chi connectivity index (χ1n) is 9.10. The van der Waals surface area contributed by atoms with E-state index >= 15 is 0 Å². The molecule has 1 atom stereocenters. The van der Waals surface area contributed by atoms with Gasteiger partial charge in [-0.2, -0.15) is 0 Å². The molecule has 130 valence electrons. The lowest BCUT2D eigenvalue weighted by Crippen LogP contribution is -2.09. The molecule has 0 aliphatic rings. The van der Waals surface area contributed by atoms with Crippen LogP contribution in [0.5, 0.6) is 11.5 Å². The monoisotopic (exact) mass is 320 g/mol. The minimum atomic E-state index is -0.315. The van der Waals surface area contributed by atoms with E-state index in [2.05, 4.69) is 6.92 Å². The molecule has 0 bridgehead atoms. The number of carbonyl (C=O) groups is 1. The third-order valence-corrected chi connectivity index (χ3v) is 4.49. The van der Waals surface area contributed by atoms with Gasteiger partial charge in [0, 0.05) is 24.0 Å². The molecule has 0 saturated heterocycles. The van der Waals surface area contributed by atoms with Crippen LogP contribution in [0.2, 0.25) is 0 Å².